The number of ether oxygens (including phenoxy) is 1. The fourth-order valence-corrected chi connectivity index (χ4v) is 2.32. The summed E-state index contributed by atoms with van der Waals surface area (Å²) in [6.45, 7) is 11.1. The molecule has 0 spiro atoms. The molecular weight excluding hydrogens is 238 g/mol. The van der Waals surface area contributed by atoms with Crippen LogP contribution in [0.25, 0.3) is 0 Å². The van der Waals surface area contributed by atoms with Gasteiger partial charge in [0.2, 0.25) is 0 Å². The summed E-state index contributed by atoms with van der Waals surface area (Å²) in [5.74, 6) is -0.501. The molecular formula is C12H23NO3S. The van der Waals surface area contributed by atoms with Gasteiger partial charge in [-0.3, -0.25) is 9.59 Å². The van der Waals surface area contributed by atoms with E-state index in [1.165, 1.54) is 11.8 Å². The highest BCUT2D eigenvalue weighted by molar-refractivity contribution is 8.14. The molecule has 2 unspecified atom stereocenters. The zero-order valence-electron chi connectivity index (χ0n) is 11.4. The van der Waals surface area contributed by atoms with E-state index in [-0.39, 0.29) is 22.4 Å². The first-order valence-electron chi connectivity index (χ1n) is 6.09. The molecule has 100 valence electrons. The van der Waals surface area contributed by atoms with Crippen molar-refractivity contribution < 1.29 is 14.3 Å². The van der Waals surface area contributed by atoms with E-state index < -0.39 is 0 Å². The Morgan fingerprint density at radius 2 is 1.71 bits per heavy atom. The fraction of sp³-hybridized carbons (Fsp3) is 0.833. The Bertz CT molecular complexity index is 254. The average molecular weight is 261 g/mol. The Kier molecular flexibility index (Phi) is 8.04. The Morgan fingerprint density at radius 3 is 2.12 bits per heavy atom. The zero-order chi connectivity index (χ0) is 13.4. The van der Waals surface area contributed by atoms with Crippen molar-refractivity contribution in [3.63, 3.8) is 0 Å². The summed E-state index contributed by atoms with van der Waals surface area (Å²) in [6.07, 6.45) is 0. The van der Waals surface area contributed by atoms with Gasteiger partial charge in [0.05, 0.1) is 12.5 Å². The molecule has 1 amide bonds. The van der Waals surface area contributed by atoms with Gasteiger partial charge in [-0.15, -0.1) is 0 Å². The molecule has 0 heterocycles. The molecule has 0 radical (unpaired) electrons. The van der Waals surface area contributed by atoms with Gasteiger partial charge in [0.25, 0.3) is 5.24 Å². The molecule has 5 heteroatoms. The minimum atomic E-state index is -0.264. The van der Waals surface area contributed by atoms with Crippen LogP contribution >= 0.6 is 11.8 Å². The van der Waals surface area contributed by atoms with Crippen LogP contribution < -0.4 is 0 Å². The first-order valence-corrected chi connectivity index (χ1v) is 6.97. The molecule has 0 aromatic rings. The molecule has 2 atom stereocenters. The number of amides is 1. The summed E-state index contributed by atoms with van der Waals surface area (Å²) in [5, 5.41) is -0.0409. The van der Waals surface area contributed by atoms with E-state index in [1.54, 1.807) is 18.7 Å². The second-order valence-corrected chi connectivity index (χ2v) is 5.13. The number of hydrogen-bond acceptors (Lipinski definition) is 4. The van der Waals surface area contributed by atoms with Gasteiger partial charge in [0, 0.05) is 18.3 Å². The molecule has 0 saturated heterocycles. The molecule has 4 nitrogen and oxygen atoms in total. The summed E-state index contributed by atoms with van der Waals surface area (Å²) in [4.78, 5) is 25.1. The third-order valence-electron chi connectivity index (χ3n) is 2.67. The number of nitrogens with zero attached hydrogens (tertiary/aromatic N) is 1. The van der Waals surface area contributed by atoms with Gasteiger partial charge in [0.15, 0.2) is 0 Å². The molecule has 0 aliphatic rings. The minimum absolute atomic E-state index is 0.0265. The maximum absolute atomic E-state index is 11.8. The topological polar surface area (TPSA) is 46.6 Å². The number of carbonyl (C=O) groups excluding carboxylic acids is 2. The fourth-order valence-electron chi connectivity index (χ4n) is 1.28. The van der Waals surface area contributed by atoms with Crippen LogP contribution in [0.1, 0.15) is 34.6 Å². The van der Waals surface area contributed by atoms with Crippen molar-refractivity contribution in [2.45, 2.75) is 39.9 Å². The third kappa shape index (κ3) is 5.44. The number of carbonyl (C=O) groups is 2. The monoisotopic (exact) mass is 261 g/mol. The number of rotatable bonds is 6. The van der Waals surface area contributed by atoms with Gasteiger partial charge in [-0.25, -0.2) is 0 Å². The molecule has 17 heavy (non-hydrogen) atoms. The number of hydrogen-bond donors (Lipinski definition) is 0. The second kappa shape index (κ2) is 8.39. The lowest BCUT2D eigenvalue weighted by Crippen LogP contribution is -2.31. The second-order valence-electron chi connectivity index (χ2n) is 3.80. The maximum Gasteiger partial charge on any atom is 0.309 e. The lowest BCUT2D eigenvalue weighted by Gasteiger charge is -2.22. The lowest BCUT2D eigenvalue weighted by atomic mass is 10.1. The predicted molar refractivity (Wildman–Crippen MR) is 71.2 cm³/mol. The van der Waals surface area contributed by atoms with Crippen LogP contribution in [0.3, 0.4) is 0 Å². The van der Waals surface area contributed by atoms with Crippen LogP contribution in [-0.2, 0) is 9.53 Å². The standard InChI is InChI=1S/C12H23NO3S/c1-6-13(7-2)12(15)17-10(5)9(4)11(14)16-8-3/h9-10H,6-8H2,1-5H3. The van der Waals surface area contributed by atoms with Gasteiger partial charge < -0.3 is 9.64 Å². The molecule has 0 aromatic heterocycles. The summed E-state index contributed by atoms with van der Waals surface area (Å²) in [6, 6.07) is 0. The van der Waals surface area contributed by atoms with Crippen molar-refractivity contribution in [1.82, 2.24) is 4.90 Å². The van der Waals surface area contributed by atoms with Crippen molar-refractivity contribution in [2.24, 2.45) is 5.92 Å². The van der Waals surface area contributed by atoms with Crippen LogP contribution in [0.4, 0.5) is 4.79 Å². The highest BCUT2D eigenvalue weighted by atomic mass is 32.2. The summed E-state index contributed by atoms with van der Waals surface area (Å²) in [7, 11) is 0. The number of thioether (sulfide) groups is 1. The molecule has 0 saturated carbocycles. The molecule has 0 rings (SSSR count). The van der Waals surface area contributed by atoms with E-state index in [0.29, 0.717) is 19.7 Å². The van der Waals surface area contributed by atoms with Gasteiger partial charge in [0.1, 0.15) is 0 Å². The van der Waals surface area contributed by atoms with E-state index >= 15 is 0 Å². The van der Waals surface area contributed by atoms with Crippen LogP contribution in [0.5, 0.6) is 0 Å². The quantitative estimate of drug-likeness (QED) is 0.690. The van der Waals surface area contributed by atoms with E-state index in [1.807, 2.05) is 20.8 Å². The van der Waals surface area contributed by atoms with Crippen LogP contribution in [0, 0.1) is 5.92 Å². The van der Waals surface area contributed by atoms with Crippen LogP contribution in [0.15, 0.2) is 0 Å². The van der Waals surface area contributed by atoms with Gasteiger partial charge >= 0.3 is 5.97 Å². The summed E-state index contributed by atoms with van der Waals surface area (Å²) >= 11 is 1.21. The maximum atomic E-state index is 11.8. The van der Waals surface area contributed by atoms with E-state index in [9.17, 15) is 9.59 Å². The first-order chi connectivity index (χ1) is 7.97. The van der Waals surface area contributed by atoms with Crippen molar-refractivity contribution in [3.05, 3.63) is 0 Å². The molecule has 0 N–H and O–H groups in total. The predicted octanol–water partition coefficient (Wildman–Crippen LogP) is 2.77. The highest BCUT2D eigenvalue weighted by Crippen LogP contribution is 2.23. The molecule has 0 aliphatic heterocycles. The molecule has 0 aromatic carbocycles. The van der Waals surface area contributed by atoms with E-state index in [0.717, 1.165) is 0 Å². The zero-order valence-corrected chi connectivity index (χ0v) is 12.2. The van der Waals surface area contributed by atoms with Crippen molar-refractivity contribution in [2.75, 3.05) is 19.7 Å². The Hall–Kier alpha value is -0.710. The summed E-state index contributed by atoms with van der Waals surface area (Å²) < 4.78 is 4.94. The van der Waals surface area contributed by atoms with Gasteiger partial charge in [-0.1, -0.05) is 25.6 Å². The first kappa shape index (κ1) is 16.3. The third-order valence-corrected chi connectivity index (χ3v) is 3.91. The molecule has 0 aliphatic carbocycles. The highest BCUT2D eigenvalue weighted by Gasteiger charge is 2.25. The Balaban J connectivity index is 4.28. The van der Waals surface area contributed by atoms with Gasteiger partial charge in [-0.05, 0) is 20.8 Å². The lowest BCUT2D eigenvalue weighted by molar-refractivity contribution is -0.147. The molecule has 0 fully saturated rings. The van der Waals surface area contributed by atoms with Crippen molar-refractivity contribution in [1.29, 1.82) is 0 Å². The van der Waals surface area contributed by atoms with Crippen molar-refractivity contribution in [3.8, 4) is 0 Å². The minimum Gasteiger partial charge on any atom is -0.466 e. The van der Waals surface area contributed by atoms with Gasteiger partial charge in [-0.2, -0.15) is 0 Å². The SMILES string of the molecule is CCOC(=O)C(C)C(C)SC(=O)N(CC)CC. The Morgan fingerprint density at radius 1 is 1.18 bits per heavy atom. The average Bonchev–Trinajstić information content (AvgIpc) is 2.29. The number of esters is 1. The molecule has 0 bridgehead atoms. The van der Waals surface area contributed by atoms with Crippen LogP contribution in [-0.4, -0.2) is 41.1 Å². The Labute approximate surface area is 108 Å². The van der Waals surface area contributed by atoms with Crippen LogP contribution in [0.2, 0.25) is 0 Å². The summed E-state index contributed by atoms with van der Waals surface area (Å²) in [5.41, 5.74) is 0. The van der Waals surface area contributed by atoms with E-state index in [2.05, 4.69) is 0 Å². The van der Waals surface area contributed by atoms with E-state index in [4.69, 9.17) is 4.74 Å². The van der Waals surface area contributed by atoms with Crippen molar-refractivity contribution >= 4 is 23.0 Å². The largest absolute Gasteiger partial charge is 0.466 e. The smallest absolute Gasteiger partial charge is 0.309 e. The normalized spacial score (nSPS) is 13.9.